The summed E-state index contributed by atoms with van der Waals surface area (Å²) in [6.07, 6.45) is 3.35. The van der Waals surface area contributed by atoms with E-state index in [0.29, 0.717) is 16.6 Å². The van der Waals surface area contributed by atoms with Crippen LogP contribution in [0.15, 0.2) is 54.1 Å². The molecule has 4 rings (SSSR count). The highest BCUT2D eigenvalue weighted by atomic mass is 32.2. The van der Waals surface area contributed by atoms with Crippen molar-refractivity contribution in [2.24, 2.45) is 7.05 Å². The van der Waals surface area contributed by atoms with Gasteiger partial charge in [0.15, 0.2) is 10.2 Å². The van der Waals surface area contributed by atoms with Gasteiger partial charge in [-0.2, -0.15) is 0 Å². The van der Waals surface area contributed by atoms with Gasteiger partial charge < -0.3 is 9.88 Å². The predicted molar refractivity (Wildman–Crippen MR) is 102 cm³/mol. The van der Waals surface area contributed by atoms with Crippen molar-refractivity contribution in [1.29, 1.82) is 0 Å². The first kappa shape index (κ1) is 16.7. The van der Waals surface area contributed by atoms with Crippen molar-refractivity contribution in [3.8, 4) is 0 Å². The van der Waals surface area contributed by atoms with Crippen molar-refractivity contribution in [3.05, 3.63) is 59.5 Å². The molecule has 9 heteroatoms. The van der Waals surface area contributed by atoms with Crippen molar-refractivity contribution < 1.29 is 4.79 Å². The van der Waals surface area contributed by atoms with Crippen molar-refractivity contribution in [3.63, 3.8) is 0 Å². The van der Waals surface area contributed by atoms with E-state index >= 15 is 0 Å². The van der Waals surface area contributed by atoms with Crippen LogP contribution in [-0.4, -0.2) is 30.6 Å². The molecule has 0 aliphatic carbocycles. The van der Waals surface area contributed by atoms with Crippen LogP contribution in [0, 0.1) is 0 Å². The summed E-state index contributed by atoms with van der Waals surface area (Å²) in [5.74, 6) is 0.959. The molecular formula is C17H14N6OS2. The summed E-state index contributed by atoms with van der Waals surface area (Å²) < 4.78 is 2.85. The van der Waals surface area contributed by atoms with Gasteiger partial charge in [-0.15, -0.1) is 21.5 Å². The molecule has 0 fully saturated rings. The highest BCUT2D eigenvalue weighted by Crippen LogP contribution is 2.23. The van der Waals surface area contributed by atoms with Gasteiger partial charge >= 0.3 is 0 Å². The van der Waals surface area contributed by atoms with Crippen LogP contribution in [0.25, 0.3) is 10.2 Å². The summed E-state index contributed by atoms with van der Waals surface area (Å²) in [5.41, 5.74) is 1.86. The molecule has 7 nitrogen and oxygen atoms in total. The van der Waals surface area contributed by atoms with Crippen molar-refractivity contribution in [1.82, 2.24) is 24.7 Å². The number of thioether (sulfide) groups is 1. The topological polar surface area (TPSA) is 85.6 Å². The van der Waals surface area contributed by atoms with Gasteiger partial charge in [0.2, 0.25) is 0 Å². The van der Waals surface area contributed by atoms with E-state index in [0.717, 1.165) is 20.9 Å². The maximum atomic E-state index is 12.5. The van der Waals surface area contributed by atoms with E-state index in [9.17, 15) is 4.79 Å². The van der Waals surface area contributed by atoms with Crippen LogP contribution in [0.1, 0.15) is 15.4 Å². The van der Waals surface area contributed by atoms with Crippen molar-refractivity contribution >= 4 is 45.0 Å². The molecular weight excluding hydrogens is 368 g/mol. The fourth-order valence-electron chi connectivity index (χ4n) is 2.32. The van der Waals surface area contributed by atoms with Crippen LogP contribution in [0.3, 0.4) is 0 Å². The number of anilines is 1. The second-order valence-electron chi connectivity index (χ2n) is 5.50. The molecule has 130 valence electrons. The molecule has 0 saturated carbocycles. The van der Waals surface area contributed by atoms with Crippen molar-refractivity contribution in [2.45, 2.75) is 10.9 Å². The fourth-order valence-corrected chi connectivity index (χ4v) is 4.01. The van der Waals surface area contributed by atoms with E-state index in [1.165, 1.54) is 11.3 Å². The SMILES string of the molecule is Cn1cnnc1SCc1ccnc(NC(=O)c2nc3ccccc3s2)c1. The molecule has 26 heavy (non-hydrogen) atoms. The number of para-hydroxylation sites is 1. The lowest BCUT2D eigenvalue weighted by molar-refractivity contribution is 0.102. The summed E-state index contributed by atoms with van der Waals surface area (Å²) >= 11 is 2.94. The second kappa shape index (κ2) is 7.22. The molecule has 0 aliphatic rings. The van der Waals surface area contributed by atoms with E-state index in [2.05, 4.69) is 25.5 Å². The molecule has 4 aromatic rings. The Bertz CT molecular complexity index is 1040. The van der Waals surface area contributed by atoms with Crippen LogP contribution in [0.4, 0.5) is 5.82 Å². The average Bonchev–Trinajstić information content (AvgIpc) is 3.26. The highest BCUT2D eigenvalue weighted by Gasteiger charge is 2.13. The number of aromatic nitrogens is 5. The third-order valence-electron chi connectivity index (χ3n) is 3.59. The molecule has 0 atom stereocenters. The lowest BCUT2D eigenvalue weighted by Gasteiger charge is -2.05. The summed E-state index contributed by atoms with van der Waals surface area (Å²) in [6.45, 7) is 0. The Hall–Kier alpha value is -2.78. The molecule has 0 aliphatic heterocycles. The number of carbonyl (C=O) groups is 1. The first-order valence-corrected chi connectivity index (χ1v) is 9.58. The monoisotopic (exact) mass is 382 g/mol. The minimum atomic E-state index is -0.253. The normalized spacial score (nSPS) is 11.0. The van der Waals surface area contributed by atoms with E-state index < -0.39 is 0 Å². The molecule has 1 aromatic carbocycles. The van der Waals surface area contributed by atoms with Gasteiger partial charge in [-0.1, -0.05) is 23.9 Å². The van der Waals surface area contributed by atoms with E-state index in [-0.39, 0.29) is 5.91 Å². The molecule has 3 aromatic heterocycles. The Morgan fingerprint density at radius 3 is 3.00 bits per heavy atom. The number of rotatable bonds is 5. The number of amides is 1. The zero-order chi connectivity index (χ0) is 17.9. The third kappa shape index (κ3) is 3.58. The number of hydrogen-bond donors (Lipinski definition) is 1. The third-order valence-corrected chi connectivity index (χ3v) is 5.73. The summed E-state index contributed by atoms with van der Waals surface area (Å²) in [7, 11) is 1.90. The second-order valence-corrected chi connectivity index (χ2v) is 7.48. The molecule has 0 bridgehead atoms. The minimum absolute atomic E-state index is 0.253. The molecule has 1 N–H and O–H groups in total. The van der Waals surface area contributed by atoms with E-state index in [1.54, 1.807) is 24.3 Å². The quantitative estimate of drug-likeness (QED) is 0.533. The summed E-state index contributed by atoms with van der Waals surface area (Å²) in [6, 6.07) is 11.5. The number of nitrogens with zero attached hydrogens (tertiary/aromatic N) is 5. The number of nitrogens with one attached hydrogen (secondary N) is 1. The highest BCUT2D eigenvalue weighted by molar-refractivity contribution is 7.98. The van der Waals surface area contributed by atoms with Crippen LogP contribution in [0.2, 0.25) is 0 Å². The van der Waals surface area contributed by atoms with E-state index in [1.807, 2.05) is 48.0 Å². The van der Waals surface area contributed by atoms with Gasteiger partial charge in [-0.05, 0) is 29.8 Å². The number of thiazole rings is 1. The number of fused-ring (bicyclic) bond motifs is 1. The number of pyridine rings is 1. The Labute approximate surface area is 157 Å². The molecule has 0 saturated heterocycles. The lowest BCUT2D eigenvalue weighted by Crippen LogP contribution is -2.12. The van der Waals surface area contributed by atoms with E-state index in [4.69, 9.17) is 0 Å². The summed E-state index contributed by atoms with van der Waals surface area (Å²) in [5, 5.41) is 12.0. The average molecular weight is 382 g/mol. The smallest absolute Gasteiger partial charge is 0.285 e. The Balaban J connectivity index is 1.46. The number of benzene rings is 1. The first-order valence-electron chi connectivity index (χ1n) is 7.78. The lowest BCUT2D eigenvalue weighted by atomic mass is 10.3. The first-order chi connectivity index (χ1) is 12.7. The van der Waals surface area contributed by atoms with Gasteiger partial charge in [-0.3, -0.25) is 4.79 Å². The minimum Gasteiger partial charge on any atom is -0.312 e. The maximum Gasteiger partial charge on any atom is 0.285 e. The Kier molecular flexibility index (Phi) is 4.63. The maximum absolute atomic E-state index is 12.5. The van der Waals surface area contributed by atoms with Crippen molar-refractivity contribution in [2.75, 3.05) is 5.32 Å². The van der Waals surface area contributed by atoms with Gasteiger partial charge in [0, 0.05) is 19.0 Å². The Morgan fingerprint density at radius 1 is 1.31 bits per heavy atom. The molecule has 1 amide bonds. The van der Waals surface area contributed by atoms with Crippen LogP contribution in [-0.2, 0) is 12.8 Å². The van der Waals surface area contributed by atoms with Crippen LogP contribution < -0.4 is 5.32 Å². The predicted octanol–water partition coefficient (Wildman–Crippen LogP) is 3.36. The Morgan fingerprint density at radius 2 is 2.19 bits per heavy atom. The molecule has 0 radical (unpaired) electrons. The number of carbonyl (C=O) groups excluding carboxylic acids is 1. The zero-order valence-electron chi connectivity index (χ0n) is 13.8. The largest absolute Gasteiger partial charge is 0.312 e. The van der Waals surface area contributed by atoms with Crippen LogP contribution in [0.5, 0.6) is 0 Å². The molecule has 0 unspecified atom stereocenters. The van der Waals surface area contributed by atoms with Crippen LogP contribution >= 0.6 is 23.1 Å². The van der Waals surface area contributed by atoms with Gasteiger partial charge in [0.1, 0.15) is 12.1 Å². The van der Waals surface area contributed by atoms with Gasteiger partial charge in [0.05, 0.1) is 10.2 Å². The van der Waals surface area contributed by atoms with Gasteiger partial charge in [0.25, 0.3) is 5.91 Å². The fraction of sp³-hybridized carbons (Fsp3) is 0.118. The molecule has 0 spiro atoms. The molecule has 3 heterocycles. The number of aryl methyl sites for hydroxylation is 1. The summed E-state index contributed by atoms with van der Waals surface area (Å²) in [4.78, 5) is 21.0. The van der Waals surface area contributed by atoms with Gasteiger partial charge in [-0.25, -0.2) is 9.97 Å². The zero-order valence-corrected chi connectivity index (χ0v) is 15.4. The standard InChI is InChI=1S/C17H14N6OS2/c1-23-10-19-22-17(23)25-9-11-6-7-18-14(8-11)21-15(24)16-20-12-4-2-3-5-13(12)26-16/h2-8,10H,9H2,1H3,(H,18,21,24). The number of hydrogen-bond acceptors (Lipinski definition) is 7.